The topological polar surface area (TPSA) is 108 Å². The molecule has 9 heteroatoms. The number of ether oxygens (including phenoxy) is 2. The Kier molecular flexibility index (Phi) is 3.92. The summed E-state index contributed by atoms with van der Waals surface area (Å²) < 4.78 is 65.0. The Bertz CT molecular complexity index is 1680. The molecule has 5 rings (SSSR count). The van der Waals surface area contributed by atoms with E-state index in [4.69, 9.17) is 17.7 Å². The maximum absolute atomic E-state index is 11.2. The van der Waals surface area contributed by atoms with Crippen molar-refractivity contribution in [3.8, 4) is 34.3 Å². The molecular formula is C24H20N6O3. The highest BCUT2D eigenvalue weighted by Crippen LogP contribution is 2.32. The van der Waals surface area contributed by atoms with Gasteiger partial charge in [-0.05, 0) is 41.0 Å². The summed E-state index contributed by atoms with van der Waals surface area (Å²) in [5, 5.41) is 13.8. The van der Waals surface area contributed by atoms with Gasteiger partial charge in [-0.25, -0.2) is 0 Å². The lowest BCUT2D eigenvalue weighted by Crippen LogP contribution is -2.06. The van der Waals surface area contributed by atoms with Crippen LogP contribution in [0.5, 0.6) is 11.8 Å². The molecule has 3 aromatic carbocycles. The minimum absolute atomic E-state index is 0.0225. The van der Waals surface area contributed by atoms with Crippen LogP contribution in [-0.2, 0) is 11.3 Å². The summed E-state index contributed by atoms with van der Waals surface area (Å²) in [7, 11) is 0. The summed E-state index contributed by atoms with van der Waals surface area (Å²) in [6, 6.07) is 8.82. The van der Waals surface area contributed by atoms with E-state index in [0.29, 0.717) is 11.1 Å². The molecule has 9 nitrogen and oxygen atoms in total. The zero-order valence-corrected chi connectivity index (χ0v) is 17.3. The molecule has 0 radical (unpaired) electrons. The molecule has 0 unspecified atom stereocenters. The third-order valence-electron chi connectivity index (χ3n) is 4.69. The zero-order valence-electron chi connectivity index (χ0n) is 23.3. The number of H-pyrrole nitrogens is 1. The van der Waals surface area contributed by atoms with Crippen molar-refractivity contribution in [2.45, 2.75) is 13.4 Å². The summed E-state index contributed by atoms with van der Waals surface area (Å²) in [4.78, 5) is 15.5. The van der Waals surface area contributed by atoms with E-state index in [0.717, 1.165) is 4.57 Å². The maximum Gasteiger partial charge on any atom is 0.298 e. The third kappa shape index (κ3) is 3.91. The molecule has 33 heavy (non-hydrogen) atoms. The Labute approximate surface area is 197 Å². The molecule has 5 aromatic rings. The lowest BCUT2D eigenvalue weighted by Gasteiger charge is -2.12. The molecule has 0 amide bonds. The van der Waals surface area contributed by atoms with Gasteiger partial charge in [0, 0.05) is 5.56 Å². The maximum atomic E-state index is 11.2. The Hall–Kier alpha value is -4.53. The predicted octanol–water partition coefficient (Wildman–Crippen LogP) is 3.87. The van der Waals surface area contributed by atoms with Crippen molar-refractivity contribution < 1.29 is 22.5 Å². The van der Waals surface area contributed by atoms with Gasteiger partial charge >= 0.3 is 0 Å². The van der Waals surface area contributed by atoms with Gasteiger partial charge < -0.3 is 9.47 Å². The van der Waals surface area contributed by atoms with Crippen LogP contribution in [0.1, 0.15) is 20.7 Å². The fourth-order valence-electron chi connectivity index (χ4n) is 3.34. The molecule has 0 fully saturated rings. The lowest BCUT2D eigenvalue weighted by atomic mass is 9.98. The first-order valence-corrected chi connectivity index (χ1v) is 9.91. The number of carbonyl (C=O) groups excluding carboxylic acids is 1. The second-order valence-corrected chi connectivity index (χ2v) is 6.64. The van der Waals surface area contributed by atoms with Gasteiger partial charge in [0.2, 0.25) is 5.82 Å². The molecule has 0 aliphatic carbocycles. The molecule has 2 aromatic heterocycles. The second-order valence-electron chi connectivity index (χ2n) is 6.64. The second kappa shape index (κ2) is 8.91. The number of hydrogen-bond acceptors (Lipinski definition) is 7. The van der Waals surface area contributed by atoms with Crippen molar-refractivity contribution in [1.29, 1.82) is 0 Å². The summed E-state index contributed by atoms with van der Waals surface area (Å²) >= 11 is 0. The van der Waals surface area contributed by atoms with E-state index in [2.05, 4.69) is 25.6 Å². The van der Waals surface area contributed by atoms with E-state index in [9.17, 15) is 4.79 Å². The first-order valence-electron chi connectivity index (χ1n) is 12.9. The Morgan fingerprint density at radius 1 is 1.12 bits per heavy atom. The van der Waals surface area contributed by atoms with Crippen molar-refractivity contribution in [3.63, 3.8) is 0 Å². The van der Waals surface area contributed by atoms with Crippen molar-refractivity contribution in [2.24, 2.45) is 0 Å². The van der Waals surface area contributed by atoms with Crippen molar-refractivity contribution in [1.82, 2.24) is 30.2 Å². The van der Waals surface area contributed by atoms with Gasteiger partial charge in [-0.15, -0.1) is 10.2 Å². The first kappa shape index (κ1) is 14.5. The van der Waals surface area contributed by atoms with Gasteiger partial charge in [-0.3, -0.25) is 9.36 Å². The summed E-state index contributed by atoms with van der Waals surface area (Å²) in [6.45, 7) is -0.752. The monoisotopic (exact) mass is 446 g/mol. The van der Waals surface area contributed by atoms with Crippen LogP contribution in [0.25, 0.3) is 33.5 Å². The molecular weight excluding hydrogens is 420 g/mol. The highest BCUT2D eigenvalue weighted by molar-refractivity contribution is 5.84. The number of nitrogens with zero attached hydrogens (tertiary/aromatic N) is 5. The largest absolute Gasteiger partial charge is 0.465 e. The highest BCUT2D eigenvalue weighted by Gasteiger charge is 2.17. The van der Waals surface area contributed by atoms with Crippen molar-refractivity contribution >= 4 is 17.5 Å². The molecule has 1 N–H and O–H groups in total. The molecule has 0 saturated heterocycles. The number of benzene rings is 3. The molecule has 0 aliphatic heterocycles. The van der Waals surface area contributed by atoms with Crippen LogP contribution >= 0.6 is 0 Å². The Morgan fingerprint density at radius 2 is 1.94 bits per heavy atom. The van der Waals surface area contributed by atoms with Crippen LogP contribution in [0.15, 0.2) is 66.6 Å². The summed E-state index contributed by atoms with van der Waals surface area (Å²) in [5.74, 6) is 0.168. The quantitative estimate of drug-likeness (QED) is 0.361. The van der Waals surface area contributed by atoms with Gasteiger partial charge in [0.15, 0.2) is 5.75 Å². The Morgan fingerprint density at radius 3 is 2.67 bits per heavy atom. The molecule has 2 heterocycles. The minimum atomic E-state index is -2.73. The number of tetrazole rings is 1. The van der Waals surface area contributed by atoms with Crippen LogP contribution in [0, 0.1) is 0 Å². The number of carbonyl (C=O) groups is 1. The third-order valence-corrected chi connectivity index (χ3v) is 4.69. The number of fused-ring (bicyclic) bond motifs is 1. The molecule has 0 aliphatic rings. The van der Waals surface area contributed by atoms with E-state index < -0.39 is 36.2 Å². The number of aromatic amines is 1. The smallest absolute Gasteiger partial charge is 0.298 e. The van der Waals surface area contributed by atoms with Gasteiger partial charge in [0.1, 0.15) is 5.52 Å². The van der Waals surface area contributed by atoms with Crippen LogP contribution in [0.4, 0.5) is 0 Å². The molecule has 0 spiro atoms. The van der Waals surface area contributed by atoms with Crippen LogP contribution in [-0.4, -0.2) is 43.3 Å². The van der Waals surface area contributed by atoms with Crippen molar-refractivity contribution in [3.05, 3.63) is 72.2 Å². The van der Waals surface area contributed by atoms with Crippen LogP contribution in [0.3, 0.4) is 0 Å². The van der Waals surface area contributed by atoms with Crippen LogP contribution < -0.4 is 9.47 Å². The average molecular weight is 446 g/mol. The number of aromatic nitrogens is 6. The first-order chi connectivity index (χ1) is 18.7. The highest BCUT2D eigenvalue weighted by atomic mass is 16.5. The fraction of sp³-hybridized carbons (Fsp3) is 0.125. The predicted molar refractivity (Wildman–Crippen MR) is 122 cm³/mol. The number of imidazole rings is 1. The van der Waals surface area contributed by atoms with Gasteiger partial charge in [-0.2, -0.15) is 10.2 Å². The summed E-state index contributed by atoms with van der Waals surface area (Å²) in [6.07, 6.45) is 0. The van der Waals surface area contributed by atoms with Crippen molar-refractivity contribution in [2.75, 3.05) is 6.61 Å². The van der Waals surface area contributed by atoms with Gasteiger partial charge in [-0.1, -0.05) is 54.5 Å². The molecule has 0 saturated carbocycles. The Balaban J connectivity index is 1.79. The zero-order chi connectivity index (χ0) is 27.9. The van der Waals surface area contributed by atoms with E-state index in [1.54, 1.807) is 43.3 Å². The van der Waals surface area contributed by atoms with E-state index in [1.807, 2.05) is 0 Å². The normalized spacial score (nSPS) is 14.0. The molecule has 0 atom stereocenters. The van der Waals surface area contributed by atoms with E-state index >= 15 is 0 Å². The lowest BCUT2D eigenvalue weighted by molar-refractivity contribution is -0.120. The number of nitrogens with one attached hydrogen (secondary N) is 1. The minimum Gasteiger partial charge on any atom is -0.465 e. The van der Waals surface area contributed by atoms with Gasteiger partial charge in [0.05, 0.1) is 26.8 Å². The molecule has 0 bridgehead atoms. The van der Waals surface area contributed by atoms with Crippen LogP contribution in [0.2, 0.25) is 0 Å². The van der Waals surface area contributed by atoms with E-state index in [-0.39, 0.29) is 47.3 Å². The number of rotatable bonds is 8. The average Bonchev–Trinajstić information content (AvgIpc) is 3.57. The summed E-state index contributed by atoms with van der Waals surface area (Å²) in [5.41, 5.74) is 0.393. The molecule has 164 valence electrons. The number of para-hydroxylation sites is 1. The van der Waals surface area contributed by atoms with Gasteiger partial charge in [0.25, 0.3) is 12.5 Å². The SMILES string of the molecule is [2H]c1c([2H])c(C([2H])([2H])n2c(OCC)nc3cccc(OC=O)c32)c([2H])c([2H])c1-c1ccccc1-c1nn[nH]n1. The number of hydrogen-bond donors (Lipinski definition) is 1. The fourth-order valence-corrected chi connectivity index (χ4v) is 3.34. The standard InChI is InChI=1S/C24H20N6O3/c1-2-32-24-25-20-8-5-9-21(33-15-31)22(20)30(24)14-16-10-12-17(13-11-16)18-6-3-4-7-19(18)23-26-28-29-27-23/h3-13,15H,2,14H2,1H3,(H,26,27,28,29)/i10D,11D,12D,13D,14D2. The van der Waals surface area contributed by atoms with E-state index in [1.165, 1.54) is 6.07 Å².